The van der Waals surface area contributed by atoms with E-state index in [2.05, 4.69) is 27.3 Å². The summed E-state index contributed by atoms with van der Waals surface area (Å²) in [6.07, 6.45) is -0.318. The van der Waals surface area contributed by atoms with E-state index in [1.165, 1.54) is 6.92 Å². The molecule has 0 unspecified atom stereocenters. The topological polar surface area (TPSA) is 62.7 Å². The molecule has 52 heavy (non-hydrogen) atoms. The molecule has 0 N–H and O–H groups in total. The summed E-state index contributed by atoms with van der Waals surface area (Å²) in [6, 6.07) is 22.1. The monoisotopic (exact) mass is 893 g/mol. The van der Waals surface area contributed by atoms with Crippen LogP contribution in [0.1, 0.15) is 16.8 Å². The van der Waals surface area contributed by atoms with Crippen molar-refractivity contribution in [3.63, 3.8) is 0 Å². The van der Waals surface area contributed by atoms with E-state index in [4.69, 9.17) is 0 Å². The van der Waals surface area contributed by atoms with Crippen LogP contribution in [-0.2, 0) is 39.5 Å². The summed E-state index contributed by atoms with van der Waals surface area (Å²) in [7, 11) is 5.33. The Balaban J connectivity index is 0.000000182. The second kappa shape index (κ2) is 13.7. The third kappa shape index (κ3) is 6.87. The summed E-state index contributed by atoms with van der Waals surface area (Å²) >= 11 is 0. The Labute approximate surface area is 308 Å². The quantitative estimate of drug-likeness (QED) is 0.132. The largest absolute Gasteiger partial charge is 0.572 e. The smallest absolute Gasteiger partial charge is 0.431 e. The Kier molecular flexibility index (Phi) is 9.66. The molecule has 0 saturated carbocycles. The minimum absolute atomic E-state index is 0. The van der Waals surface area contributed by atoms with Crippen LogP contribution in [0.2, 0.25) is 0 Å². The first-order chi connectivity index (χ1) is 24.2. The number of benzene rings is 3. The molecule has 5 heterocycles. The normalized spacial score (nSPS) is 14.5. The number of aryl methyl sites for hydroxylation is 1. The fourth-order valence-corrected chi connectivity index (χ4v) is 5.87. The number of fused-ring (bicyclic) bond motifs is 3. The Morgan fingerprint density at radius 1 is 0.788 bits per heavy atom. The molecule has 2 aliphatic rings. The van der Waals surface area contributed by atoms with Crippen LogP contribution >= 0.6 is 0 Å². The van der Waals surface area contributed by atoms with Crippen LogP contribution in [-0.4, -0.2) is 43.1 Å². The van der Waals surface area contributed by atoms with Crippen LogP contribution in [0.25, 0.3) is 39.1 Å². The zero-order valence-corrected chi connectivity index (χ0v) is 30.3. The first-order valence-electron chi connectivity index (χ1n) is 15.4. The maximum Gasteiger partial charge on any atom is 0.431 e. The molecule has 273 valence electrons. The summed E-state index contributed by atoms with van der Waals surface area (Å²) in [6.45, 7) is 4.73. The SMILES string of the molecule is CN1C=CN(c2[c-]c(N3C=CN(C)[CH-]3)cc(C(F)(F)F)c2)[CH-]1.Cc1c(C(F)(F)F)n[n-]c1-c1nc(-n2c3[c-]cccc3c3ccccc32)cn1C.[Ir]. The van der Waals surface area contributed by atoms with Gasteiger partial charge in [0.2, 0.25) is 0 Å². The molecule has 0 saturated heterocycles. The summed E-state index contributed by atoms with van der Waals surface area (Å²) in [5.74, 6) is 0.898. The second-order valence-corrected chi connectivity index (χ2v) is 11.9. The van der Waals surface area contributed by atoms with Crippen LogP contribution in [0.15, 0.2) is 85.6 Å². The van der Waals surface area contributed by atoms with Crippen LogP contribution in [0, 0.1) is 32.4 Å². The molecule has 0 fully saturated rings. The van der Waals surface area contributed by atoms with Gasteiger partial charge in [-0.3, -0.25) is 0 Å². The standard InChI is InChI=1S/C21H14F3N5.C15H14F3N4.Ir/c1-12-18(26-27-19(12)21(22,23)24)20-25-17(11-28(20)2)29-15-9-5-3-7-13(15)14-8-4-6-10-16(14)29;1-19-3-5-21(10-19)13-7-12(15(16,17)18)8-14(9-13)22-6-4-20(2)11-22;/h3-9,11H,1-2H3;3-8,10-11H,1-2H3;/q-2;-3;. The molecule has 0 aliphatic carbocycles. The van der Waals surface area contributed by atoms with Gasteiger partial charge in [-0.25, -0.2) is 4.98 Å². The average molecular weight is 893 g/mol. The first kappa shape index (κ1) is 36.6. The third-order valence-corrected chi connectivity index (χ3v) is 8.29. The second-order valence-electron chi connectivity index (χ2n) is 11.9. The number of alkyl halides is 6. The number of halogens is 6. The van der Waals surface area contributed by atoms with Gasteiger partial charge in [0, 0.05) is 38.9 Å². The van der Waals surface area contributed by atoms with Gasteiger partial charge in [-0.2, -0.15) is 63.9 Å². The van der Waals surface area contributed by atoms with Crippen molar-refractivity contribution in [2.45, 2.75) is 19.3 Å². The van der Waals surface area contributed by atoms with Crippen molar-refractivity contribution in [3.05, 3.63) is 128 Å². The molecule has 3 aromatic heterocycles. The molecule has 9 nitrogen and oxygen atoms in total. The fourth-order valence-electron chi connectivity index (χ4n) is 5.87. The Bertz CT molecular complexity index is 2200. The van der Waals surface area contributed by atoms with Gasteiger partial charge in [0.1, 0.15) is 11.5 Å². The van der Waals surface area contributed by atoms with Crippen LogP contribution in [0.3, 0.4) is 0 Å². The number of anilines is 2. The number of hydrogen-bond donors (Lipinski definition) is 0. The Hall–Kier alpha value is -5.21. The molecule has 8 rings (SSSR count). The summed E-state index contributed by atoms with van der Waals surface area (Å²) in [4.78, 5) is 11.3. The summed E-state index contributed by atoms with van der Waals surface area (Å²) < 4.78 is 82.4. The number of rotatable bonds is 4. The summed E-state index contributed by atoms with van der Waals surface area (Å²) in [5, 5.41) is 9.18. The van der Waals surface area contributed by atoms with E-state index in [9.17, 15) is 26.3 Å². The molecule has 0 amide bonds. The van der Waals surface area contributed by atoms with Gasteiger partial charge in [-0.1, -0.05) is 35.0 Å². The van der Waals surface area contributed by atoms with E-state index in [0.717, 1.165) is 33.9 Å². The Morgan fingerprint density at radius 3 is 1.96 bits per heavy atom. The van der Waals surface area contributed by atoms with Crippen molar-refractivity contribution in [1.82, 2.24) is 34.1 Å². The van der Waals surface area contributed by atoms with Crippen molar-refractivity contribution in [1.29, 1.82) is 0 Å². The maximum absolute atomic E-state index is 13.1. The number of nitrogens with zero attached hydrogens (tertiary/aromatic N) is 9. The third-order valence-electron chi connectivity index (χ3n) is 8.29. The van der Waals surface area contributed by atoms with Crippen LogP contribution < -0.4 is 14.9 Å². The molecule has 16 heteroatoms. The molecule has 1 radical (unpaired) electrons. The first-order valence-corrected chi connectivity index (χ1v) is 15.4. The molecule has 3 aromatic carbocycles. The van der Waals surface area contributed by atoms with Gasteiger partial charge in [0.15, 0.2) is 5.82 Å². The van der Waals surface area contributed by atoms with Gasteiger partial charge in [-0.15, -0.1) is 35.0 Å². The summed E-state index contributed by atoms with van der Waals surface area (Å²) in [5.41, 5.74) is 0.854. The van der Waals surface area contributed by atoms with Gasteiger partial charge >= 0.3 is 12.4 Å². The zero-order valence-electron chi connectivity index (χ0n) is 27.9. The Morgan fingerprint density at radius 2 is 1.40 bits per heavy atom. The molecular weight excluding hydrogens is 865 g/mol. The van der Waals surface area contributed by atoms with Crippen molar-refractivity contribution in [2.24, 2.45) is 7.05 Å². The number of imidazole rings is 1. The van der Waals surface area contributed by atoms with Crippen LogP contribution in [0.4, 0.5) is 37.7 Å². The van der Waals surface area contributed by atoms with E-state index in [-0.39, 0.29) is 31.4 Å². The average Bonchev–Trinajstić information content (AvgIpc) is 3.91. The van der Waals surface area contributed by atoms with Gasteiger partial charge in [0.25, 0.3) is 0 Å². The van der Waals surface area contributed by atoms with Crippen molar-refractivity contribution in [3.8, 4) is 17.3 Å². The molecular formula is C36H28F6IrN9-5. The number of hydrogen-bond acceptors (Lipinski definition) is 6. The fraction of sp³-hybridized carbons (Fsp3) is 0.167. The minimum Gasteiger partial charge on any atom is -0.572 e. The minimum atomic E-state index is -4.55. The maximum atomic E-state index is 13.1. The van der Waals surface area contributed by atoms with Gasteiger partial charge in [-0.05, 0) is 62.8 Å². The molecule has 0 spiro atoms. The predicted octanol–water partition coefficient (Wildman–Crippen LogP) is 7.85. The van der Waals surface area contributed by atoms with E-state index >= 15 is 0 Å². The molecule has 2 aliphatic heterocycles. The van der Waals surface area contributed by atoms with Gasteiger partial charge in [0.05, 0.1) is 0 Å². The molecule has 0 bridgehead atoms. The van der Waals surface area contributed by atoms with E-state index in [1.807, 2.05) is 47.0 Å². The van der Waals surface area contributed by atoms with E-state index in [1.54, 1.807) is 89.6 Å². The number of aromatic nitrogens is 5. The van der Waals surface area contributed by atoms with Crippen molar-refractivity contribution >= 4 is 33.2 Å². The predicted molar refractivity (Wildman–Crippen MR) is 180 cm³/mol. The van der Waals surface area contributed by atoms with Crippen molar-refractivity contribution in [2.75, 3.05) is 23.9 Å². The zero-order chi connectivity index (χ0) is 36.2. The van der Waals surface area contributed by atoms with E-state index in [0.29, 0.717) is 23.0 Å². The van der Waals surface area contributed by atoms with Crippen LogP contribution in [0.5, 0.6) is 0 Å². The van der Waals surface area contributed by atoms with Gasteiger partial charge < -0.3 is 38.9 Å². The molecule has 6 aromatic rings. The molecule has 0 atom stereocenters. The van der Waals surface area contributed by atoms with E-state index < -0.39 is 23.6 Å². The number of para-hydroxylation sites is 2. The van der Waals surface area contributed by atoms with Crippen molar-refractivity contribution < 1.29 is 46.4 Å².